The van der Waals surface area contributed by atoms with Crippen LogP contribution in [0.15, 0.2) is 24.3 Å². The van der Waals surface area contributed by atoms with Crippen LogP contribution in [0.3, 0.4) is 0 Å². The number of anilines is 1. The van der Waals surface area contributed by atoms with Gasteiger partial charge in [0.15, 0.2) is 0 Å². The second-order valence-corrected chi connectivity index (χ2v) is 5.66. The number of hydrogen-bond donors (Lipinski definition) is 2. The van der Waals surface area contributed by atoms with Gasteiger partial charge in [-0.15, -0.1) is 0 Å². The monoisotopic (exact) mass is 259 g/mol. The van der Waals surface area contributed by atoms with E-state index in [0.29, 0.717) is 25.2 Å². The van der Waals surface area contributed by atoms with E-state index >= 15 is 0 Å². The molecule has 0 saturated heterocycles. The van der Waals surface area contributed by atoms with E-state index in [2.05, 4.69) is 5.32 Å². The van der Waals surface area contributed by atoms with Gasteiger partial charge in [0.2, 0.25) is 5.91 Å². The number of carboxylic acids is 1. The Morgan fingerprint density at radius 2 is 1.84 bits per heavy atom. The molecule has 2 aliphatic carbocycles. The molecule has 0 radical (unpaired) electrons. The van der Waals surface area contributed by atoms with Gasteiger partial charge in [-0.05, 0) is 49.3 Å². The normalized spacial score (nSPS) is 19.8. The Hall–Kier alpha value is -1.84. The van der Waals surface area contributed by atoms with Crippen molar-refractivity contribution in [2.24, 2.45) is 5.92 Å². The van der Waals surface area contributed by atoms with Crippen molar-refractivity contribution in [3.05, 3.63) is 29.8 Å². The first-order valence-corrected chi connectivity index (χ1v) is 6.74. The molecule has 0 heterocycles. The van der Waals surface area contributed by atoms with Gasteiger partial charge in [0.1, 0.15) is 0 Å². The van der Waals surface area contributed by atoms with Crippen LogP contribution in [0.1, 0.15) is 37.7 Å². The van der Waals surface area contributed by atoms with E-state index < -0.39 is 11.4 Å². The van der Waals surface area contributed by atoms with Gasteiger partial charge in [-0.1, -0.05) is 12.1 Å². The van der Waals surface area contributed by atoms with Crippen molar-refractivity contribution in [1.29, 1.82) is 0 Å². The Morgan fingerprint density at radius 3 is 2.32 bits per heavy atom. The molecule has 0 atom stereocenters. The van der Waals surface area contributed by atoms with Crippen molar-refractivity contribution >= 4 is 17.6 Å². The zero-order valence-corrected chi connectivity index (χ0v) is 10.7. The lowest BCUT2D eigenvalue weighted by atomic mass is 9.96. The third kappa shape index (κ3) is 2.48. The fourth-order valence-electron chi connectivity index (χ4n) is 2.42. The minimum Gasteiger partial charge on any atom is -0.481 e. The van der Waals surface area contributed by atoms with Gasteiger partial charge in [-0.3, -0.25) is 9.59 Å². The number of carboxylic acid groups (broad SMARTS) is 1. The lowest BCUT2D eigenvalue weighted by Crippen LogP contribution is -2.19. The van der Waals surface area contributed by atoms with E-state index in [9.17, 15) is 14.7 Å². The first kappa shape index (κ1) is 12.2. The van der Waals surface area contributed by atoms with Crippen molar-refractivity contribution in [2.75, 3.05) is 5.32 Å². The van der Waals surface area contributed by atoms with Crippen LogP contribution in [0.2, 0.25) is 0 Å². The van der Waals surface area contributed by atoms with E-state index in [1.54, 1.807) is 12.1 Å². The highest BCUT2D eigenvalue weighted by Gasteiger charge is 2.51. The number of carbonyl (C=O) groups excluding carboxylic acids is 1. The van der Waals surface area contributed by atoms with Crippen molar-refractivity contribution in [3.63, 3.8) is 0 Å². The molecule has 19 heavy (non-hydrogen) atoms. The van der Waals surface area contributed by atoms with Gasteiger partial charge in [0.25, 0.3) is 0 Å². The molecule has 2 N–H and O–H groups in total. The van der Waals surface area contributed by atoms with E-state index in [1.807, 2.05) is 12.1 Å². The van der Waals surface area contributed by atoms with Crippen LogP contribution in [-0.2, 0) is 15.0 Å². The summed E-state index contributed by atoms with van der Waals surface area (Å²) >= 11 is 0. The Kier molecular flexibility index (Phi) is 2.81. The van der Waals surface area contributed by atoms with Crippen LogP contribution in [0.5, 0.6) is 0 Å². The molecular formula is C15H17NO3. The van der Waals surface area contributed by atoms with Crippen LogP contribution >= 0.6 is 0 Å². The number of amides is 1. The highest BCUT2D eigenvalue weighted by molar-refractivity contribution is 5.91. The van der Waals surface area contributed by atoms with E-state index in [4.69, 9.17) is 0 Å². The Balaban J connectivity index is 1.65. The standard InChI is InChI=1S/C15H17NO3/c17-13(9-10-1-2-10)16-12-5-3-11(4-6-12)15(7-8-15)14(18)19/h3-6,10H,1-2,7-9H2,(H,16,17)(H,18,19). The van der Waals surface area contributed by atoms with Crippen LogP contribution < -0.4 is 5.32 Å². The minimum atomic E-state index is -0.752. The number of carbonyl (C=O) groups is 2. The predicted octanol–water partition coefficient (Wildman–Crippen LogP) is 2.54. The Bertz CT molecular complexity index is 513. The summed E-state index contributed by atoms with van der Waals surface area (Å²) in [7, 11) is 0. The molecule has 2 fully saturated rings. The average Bonchev–Trinajstić information content (AvgIpc) is 3.24. The Morgan fingerprint density at radius 1 is 1.21 bits per heavy atom. The number of rotatable bonds is 5. The van der Waals surface area contributed by atoms with Gasteiger partial charge in [0.05, 0.1) is 5.41 Å². The molecule has 1 aromatic rings. The quantitative estimate of drug-likeness (QED) is 0.854. The molecule has 4 heteroatoms. The molecule has 4 nitrogen and oxygen atoms in total. The maximum absolute atomic E-state index is 11.7. The van der Waals surface area contributed by atoms with Gasteiger partial charge >= 0.3 is 5.97 Å². The fourth-order valence-corrected chi connectivity index (χ4v) is 2.42. The largest absolute Gasteiger partial charge is 0.481 e. The molecule has 0 spiro atoms. The Labute approximate surface area is 111 Å². The summed E-state index contributed by atoms with van der Waals surface area (Å²) in [6.45, 7) is 0. The number of nitrogens with one attached hydrogen (secondary N) is 1. The van der Waals surface area contributed by atoms with E-state index in [-0.39, 0.29) is 5.91 Å². The summed E-state index contributed by atoms with van der Waals surface area (Å²) < 4.78 is 0. The van der Waals surface area contributed by atoms with Gasteiger partial charge in [0, 0.05) is 12.1 Å². The summed E-state index contributed by atoms with van der Waals surface area (Å²) in [6, 6.07) is 7.22. The zero-order chi connectivity index (χ0) is 13.5. The molecule has 0 bridgehead atoms. The second kappa shape index (κ2) is 4.37. The van der Waals surface area contributed by atoms with Gasteiger partial charge in [-0.2, -0.15) is 0 Å². The summed E-state index contributed by atoms with van der Waals surface area (Å²) in [5.74, 6) is -0.131. The van der Waals surface area contributed by atoms with Crippen molar-refractivity contribution in [3.8, 4) is 0 Å². The average molecular weight is 259 g/mol. The lowest BCUT2D eigenvalue weighted by molar-refractivity contribution is -0.140. The van der Waals surface area contributed by atoms with Crippen LogP contribution in [0, 0.1) is 5.92 Å². The summed E-state index contributed by atoms with van der Waals surface area (Å²) in [5, 5.41) is 12.1. The van der Waals surface area contributed by atoms with Gasteiger partial charge < -0.3 is 10.4 Å². The highest BCUT2D eigenvalue weighted by atomic mass is 16.4. The molecule has 0 unspecified atom stereocenters. The first-order valence-electron chi connectivity index (χ1n) is 6.74. The third-order valence-corrected chi connectivity index (χ3v) is 4.05. The predicted molar refractivity (Wildman–Crippen MR) is 71.0 cm³/mol. The topological polar surface area (TPSA) is 66.4 Å². The molecule has 1 aromatic carbocycles. The van der Waals surface area contributed by atoms with Crippen LogP contribution in [0.25, 0.3) is 0 Å². The molecule has 2 aliphatic rings. The molecule has 2 saturated carbocycles. The first-order chi connectivity index (χ1) is 9.10. The maximum Gasteiger partial charge on any atom is 0.314 e. The molecule has 0 aromatic heterocycles. The number of aliphatic carboxylic acids is 1. The van der Waals surface area contributed by atoms with Crippen LogP contribution in [0.4, 0.5) is 5.69 Å². The highest BCUT2D eigenvalue weighted by Crippen LogP contribution is 2.48. The molecular weight excluding hydrogens is 242 g/mol. The van der Waals surface area contributed by atoms with Crippen LogP contribution in [-0.4, -0.2) is 17.0 Å². The van der Waals surface area contributed by atoms with Crippen molar-refractivity contribution in [1.82, 2.24) is 0 Å². The molecule has 0 aliphatic heterocycles. The number of benzene rings is 1. The second-order valence-electron chi connectivity index (χ2n) is 5.66. The summed E-state index contributed by atoms with van der Waals surface area (Å²) in [6.07, 6.45) is 4.33. The fraction of sp³-hybridized carbons (Fsp3) is 0.467. The van der Waals surface area contributed by atoms with Crippen molar-refractivity contribution < 1.29 is 14.7 Å². The molecule has 100 valence electrons. The van der Waals surface area contributed by atoms with E-state index in [0.717, 1.165) is 24.1 Å². The summed E-state index contributed by atoms with van der Waals surface area (Å²) in [5.41, 5.74) is 0.909. The summed E-state index contributed by atoms with van der Waals surface area (Å²) in [4.78, 5) is 22.9. The molecule has 3 rings (SSSR count). The smallest absolute Gasteiger partial charge is 0.314 e. The SMILES string of the molecule is O=C(CC1CC1)Nc1ccc(C2(C(=O)O)CC2)cc1. The molecule has 1 amide bonds. The number of hydrogen-bond acceptors (Lipinski definition) is 2. The van der Waals surface area contributed by atoms with Gasteiger partial charge in [-0.25, -0.2) is 0 Å². The third-order valence-electron chi connectivity index (χ3n) is 4.05. The van der Waals surface area contributed by atoms with Crippen molar-refractivity contribution in [2.45, 2.75) is 37.5 Å². The maximum atomic E-state index is 11.7. The lowest BCUT2D eigenvalue weighted by Gasteiger charge is -2.11. The minimum absolute atomic E-state index is 0.0506. The van der Waals surface area contributed by atoms with E-state index in [1.165, 1.54) is 0 Å². The zero-order valence-electron chi connectivity index (χ0n) is 10.7.